The van der Waals surface area contributed by atoms with Crippen LogP contribution in [0.2, 0.25) is 19.6 Å². The maximum absolute atomic E-state index is 9.90. The molecule has 0 aromatic carbocycles. The van der Waals surface area contributed by atoms with Crippen LogP contribution in [0.3, 0.4) is 0 Å². The lowest BCUT2D eigenvalue weighted by atomic mass is 10.1. The van der Waals surface area contributed by atoms with Crippen LogP contribution in [-0.2, 0) is 12.6 Å². The first-order chi connectivity index (χ1) is 7.52. The first-order valence-corrected chi connectivity index (χ1v) is 9.04. The highest BCUT2D eigenvalue weighted by Crippen LogP contribution is 2.24. The molecule has 94 valence electrons. The zero-order valence-electron chi connectivity index (χ0n) is 11.3. The molecule has 0 spiro atoms. The van der Waals surface area contributed by atoms with Crippen molar-refractivity contribution in [3.05, 3.63) is 11.5 Å². The lowest BCUT2D eigenvalue weighted by Crippen LogP contribution is -2.21. The molecule has 0 atom stereocenters. The van der Waals surface area contributed by atoms with Crippen molar-refractivity contribution in [2.45, 2.75) is 39.1 Å². The van der Waals surface area contributed by atoms with Gasteiger partial charge in [0, 0.05) is 7.05 Å². The molecular formula is C12H20N2O2Si. The highest BCUT2D eigenvalue weighted by Gasteiger charge is 2.25. The van der Waals surface area contributed by atoms with Gasteiger partial charge in [-0.1, -0.05) is 25.6 Å². The van der Waals surface area contributed by atoms with E-state index in [1.165, 1.54) is 0 Å². The maximum Gasteiger partial charge on any atom is 0.246 e. The summed E-state index contributed by atoms with van der Waals surface area (Å²) in [6, 6.07) is 0. The molecule has 0 amide bonds. The van der Waals surface area contributed by atoms with E-state index in [4.69, 9.17) is 0 Å². The molecule has 2 N–H and O–H groups in total. The van der Waals surface area contributed by atoms with Crippen molar-refractivity contribution in [3.8, 4) is 17.3 Å². The van der Waals surface area contributed by atoms with E-state index in [2.05, 4.69) is 36.1 Å². The van der Waals surface area contributed by atoms with Crippen molar-refractivity contribution in [3.63, 3.8) is 0 Å². The number of imidazole rings is 1. The van der Waals surface area contributed by atoms with Gasteiger partial charge >= 0.3 is 0 Å². The normalized spacial score (nSPS) is 12.2. The summed E-state index contributed by atoms with van der Waals surface area (Å²) >= 11 is 0. The van der Waals surface area contributed by atoms with Crippen LogP contribution in [0.5, 0.6) is 5.88 Å². The van der Waals surface area contributed by atoms with Gasteiger partial charge in [-0.25, -0.2) is 0 Å². The number of aliphatic hydroxyl groups is 1. The molecule has 0 fully saturated rings. The average molecular weight is 252 g/mol. The zero-order chi connectivity index (χ0) is 13.4. The molecule has 0 aliphatic rings. The Bertz CT molecular complexity index is 482. The summed E-state index contributed by atoms with van der Waals surface area (Å²) in [4.78, 5) is 3.96. The number of hydrogen-bond acceptors (Lipinski definition) is 3. The van der Waals surface area contributed by atoms with Crippen molar-refractivity contribution in [1.82, 2.24) is 9.55 Å². The van der Waals surface area contributed by atoms with Gasteiger partial charge < -0.3 is 14.8 Å². The molecule has 0 aliphatic heterocycles. The van der Waals surface area contributed by atoms with E-state index in [1.54, 1.807) is 25.5 Å². The number of aromatic nitrogens is 2. The molecule has 0 bridgehead atoms. The van der Waals surface area contributed by atoms with E-state index in [1.807, 2.05) is 0 Å². The molecule has 0 unspecified atom stereocenters. The third-order valence-corrected chi connectivity index (χ3v) is 3.05. The highest BCUT2D eigenvalue weighted by atomic mass is 28.3. The van der Waals surface area contributed by atoms with E-state index in [9.17, 15) is 10.2 Å². The van der Waals surface area contributed by atoms with E-state index in [0.29, 0.717) is 11.5 Å². The van der Waals surface area contributed by atoms with E-state index in [-0.39, 0.29) is 5.88 Å². The van der Waals surface area contributed by atoms with Crippen LogP contribution in [0.4, 0.5) is 0 Å². The van der Waals surface area contributed by atoms with Crippen molar-refractivity contribution in [2.75, 3.05) is 0 Å². The van der Waals surface area contributed by atoms with Gasteiger partial charge in [0.15, 0.2) is 5.69 Å². The van der Waals surface area contributed by atoms with Gasteiger partial charge in [-0.05, 0) is 13.8 Å². The Balaban J connectivity index is 3.28. The Morgan fingerprint density at radius 3 is 2.18 bits per heavy atom. The Hall–Kier alpha value is -1.25. The van der Waals surface area contributed by atoms with Crippen molar-refractivity contribution in [1.29, 1.82) is 0 Å². The highest BCUT2D eigenvalue weighted by molar-refractivity contribution is 6.83. The topological polar surface area (TPSA) is 58.3 Å². The summed E-state index contributed by atoms with van der Waals surface area (Å²) < 4.78 is 1.64. The molecule has 1 aromatic rings. The van der Waals surface area contributed by atoms with Crippen molar-refractivity contribution >= 4 is 8.07 Å². The second-order valence-corrected chi connectivity index (χ2v) is 10.5. The largest absolute Gasteiger partial charge is 0.491 e. The van der Waals surface area contributed by atoms with Crippen LogP contribution in [0, 0.1) is 11.5 Å². The molecule has 1 aromatic heterocycles. The second kappa shape index (κ2) is 4.20. The van der Waals surface area contributed by atoms with Crippen molar-refractivity contribution in [2.24, 2.45) is 7.05 Å². The van der Waals surface area contributed by atoms with E-state index in [0.717, 1.165) is 0 Å². The Labute approximate surface area is 103 Å². The lowest BCUT2D eigenvalue weighted by molar-refractivity contribution is 0.0655. The maximum atomic E-state index is 9.90. The third-order valence-electron chi connectivity index (χ3n) is 2.18. The summed E-state index contributed by atoms with van der Waals surface area (Å²) in [6.07, 6.45) is 0. The number of hydrogen-bond donors (Lipinski definition) is 2. The van der Waals surface area contributed by atoms with Crippen LogP contribution >= 0.6 is 0 Å². The second-order valence-electron chi connectivity index (χ2n) is 5.73. The molecule has 1 heterocycles. The van der Waals surface area contributed by atoms with Crippen LogP contribution in [0.1, 0.15) is 25.4 Å². The van der Waals surface area contributed by atoms with Gasteiger partial charge in [0.2, 0.25) is 5.88 Å². The zero-order valence-corrected chi connectivity index (χ0v) is 12.3. The molecule has 17 heavy (non-hydrogen) atoms. The molecule has 0 aliphatic carbocycles. The van der Waals surface area contributed by atoms with Crippen LogP contribution in [0.15, 0.2) is 0 Å². The molecule has 1 rings (SSSR count). The summed E-state index contributed by atoms with van der Waals surface area (Å²) in [6.45, 7) is 9.65. The Morgan fingerprint density at radius 2 is 1.82 bits per heavy atom. The Kier molecular flexibility index (Phi) is 3.42. The SMILES string of the molecule is Cn1c(C(C)(C)O)nc(O)c1C#C[Si](C)(C)C. The minimum Gasteiger partial charge on any atom is -0.491 e. The number of nitrogens with zero attached hydrogens (tertiary/aromatic N) is 2. The first kappa shape index (κ1) is 13.8. The summed E-state index contributed by atoms with van der Waals surface area (Å²) in [5.74, 6) is 3.26. The van der Waals surface area contributed by atoms with Gasteiger partial charge in [0.05, 0.1) is 0 Å². The predicted molar refractivity (Wildman–Crippen MR) is 70.3 cm³/mol. The quantitative estimate of drug-likeness (QED) is 0.589. The van der Waals surface area contributed by atoms with Crippen LogP contribution < -0.4 is 0 Å². The fourth-order valence-electron chi connectivity index (χ4n) is 1.42. The standard InChI is InChI=1S/C12H20N2O2Si/c1-12(2,16)11-13-10(15)9(14(11)3)7-8-17(4,5)6/h15-16H,1-6H3. The summed E-state index contributed by atoms with van der Waals surface area (Å²) in [5.41, 5.74) is 2.54. The monoisotopic (exact) mass is 252 g/mol. The van der Waals surface area contributed by atoms with Crippen LogP contribution in [0.25, 0.3) is 0 Å². The minimum atomic E-state index is -1.50. The fraction of sp³-hybridized carbons (Fsp3) is 0.583. The fourth-order valence-corrected chi connectivity index (χ4v) is 1.91. The first-order valence-electron chi connectivity index (χ1n) is 5.54. The average Bonchev–Trinajstić information content (AvgIpc) is 2.37. The van der Waals surface area contributed by atoms with Gasteiger partial charge in [-0.2, -0.15) is 4.98 Å². The smallest absolute Gasteiger partial charge is 0.246 e. The Morgan fingerprint density at radius 1 is 1.29 bits per heavy atom. The molecule has 0 radical (unpaired) electrons. The summed E-state index contributed by atoms with van der Waals surface area (Å²) in [7, 11) is 0.246. The van der Waals surface area contributed by atoms with Gasteiger partial charge in [0.25, 0.3) is 0 Å². The molecule has 0 saturated carbocycles. The molecule has 5 heteroatoms. The van der Waals surface area contributed by atoms with Crippen molar-refractivity contribution < 1.29 is 10.2 Å². The van der Waals surface area contributed by atoms with Gasteiger partial charge in [-0.15, -0.1) is 5.54 Å². The van der Waals surface area contributed by atoms with E-state index < -0.39 is 13.7 Å². The molecule has 0 saturated heterocycles. The third kappa shape index (κ3) is 3.35. The van der Waals surface area contributed by atoms with Gasteiger partial charge in [0.1, 0.15) is 19.5 Å². The van der Waals surface area contributed by atoms with E-state index >= 15 is 0 Å². The lowest BCUT2D eigenvalue weighted by Gasteiger charge is -2.16. The summed E-state index contributed by atoms with van der Waals surface area (Å²) in [5, 5.41) is 19.6. The van der Waals surface area contributed by atoms with Gasteiger partial charge in [-0.3, -0.25) is 0 Å². The minimum absolute atomic E-state index is 0.115. The molecule has 4 nitrogen and oxygen atoms in total. The number of aromatic hydroxyl groups is 1. The predicted octanol–water partition coefficient (Wildman–Crippen LogP) is 1.58. The molecular weight excluding hydrogens is 232 g/mol. The van der Waals surface area contributed by atoms with Crippen LogP contribution in [-0.4, -0.2) is 27.8 Å². The number of rotatable bonds is 1.